The van der Waals surface area contributed by atoms with Gasteiger partial charge < -0.3 is 9.97 Å². The van der Waals surface area contributed by atoms with Crippen LogP contribution in [-0.4, -0.2) is 20.3 Å². The van der Waals surface area contributed by atoms with Gasteiger partial charge in [-0.15, -0.1) is 0 Å². The SMILES string of the molecule is CC(C)(c1ccccc1)c1cc(CP(c2cc[nH]c2)c2cc[nH]c2)c(CP(C(C)(C)C)C(C)(C)C)cc1C(C)(C)c1ccccc1. The summed E-state index contributed by atoms with van der Waals surface area (Å²) in [6.45, 7) is 24.4. The Hall–Kier alpha value is -2.92. The molecule has 0 unspecified atom stereocenters. The van der Waals surface area contributed by atoms with Gasteiger partial charge in [-0.05, 0) is 80.5 Å². The van der Waals surface area contributed by atoms with Crippen LogP contribution in [0, 0.1) is 0 Å². The first-order chi connectivity index (χ1) is 21.6. The topological polar surface area (TPSA) is 31.6 Å². The van der Waals surface area contributed by atoms with E-state index in [1.807, 2.05) is 0 Å². The highest BCUT2D eigenvalue weighted by Gasteiger charge is 2.38. The molecule has 0 radical (unpaired) electrons. The van der Waals surface area contributed by atoms with Gasteiger partial charge in [0.15, 0.2) is 0 Å². The van der Waals surface area contributed by atoms with Gasteiger partial charge in [-0.25, -0.2) is 0 Å². The fourth-order valence-corrected chi connectivity index (χ4v) is 13.0. The van der Waals surface area contributed by atoms with Crippen molar-refractivity contribution in [2.24, 2.45) is 0 Å². The number of hydrogen-bond donors (Lipinski definition) is 2. The molecule has 2 heterocycles. The van der Waals surface area contributed by atoms with Crippen LogP contribution in [0.15, 0.2) is 110 Å². The van der Waals surface area contributed by atoms with Gasteiger partial charge in [0.1, 0.15) is 0 Å². The molecule has 2 nitrogen and oxygen atoms in total. The van der Waals surface area contributed by atoms with Gasteiger partial charge in [0.25, 0.3) is 0 Å². The highest BCUT2D eigenvalue weighted by molar-refractivity contribution is 7.72. The van der Waals surface area contributed by atoms with E-state index in [2.05, 4.69) is 189 Å². The van der Waals surface area contributed by atoms with Crippen molar-refractivity contribution in [2.75, 3.05) is 0 Å². The molecule has 5 rings (SSSR count). The van der Waals surface area contributed by atoms with Crippen molar-refractivity contribution in [3.63, 3.8) is 0 Å². The van der Waals surface area contributed by atoms with E-state index in [9.17, 15) is 0 Å². The maximum Gasteiger partial charge on any atom is 0.0149 e. The van der Waals surface area contributed by atoms with Gasteiger partial charge >= 0.3 is 0 Å². The Balaban J connectivity index is 1.80. The quantitative estimate of drug-likeness (QED) is 0.141. The molecule has 46 heavy (non-hydrogen) atoms. The van der Waals surface area contributed by atoms with Crippen molar-refractivity contribution >= 4 is 26.5 Å². The number of hydrogen-bond acceptors (Lipinski definition) is 0. The highest BCUT2D eigenvalue weighted by atomic mass is 31.1. The monoisotopic (exact) mass is 648 g/mol. The van der Waals surface area contributed by atoms with E-state index < -0.39 is 7.92 Å². The van der Waals surface area contributed by atoms with E-state index in [1.165, 1.54) is 44.0 Å². The van der Waals surface area contributed by atoms with Gasteiger partial charge in [0, 0.05) is 41.8 Å². The second-order valence-electron chi connectivity index (χ2n) is 15.8. The summed E-state index contributed by atoms with van der Waals surface area (Å²) in [5.41, 5.74) is 8.26. The molecule has 2 aromatic heterocycles. The van der Waals surface area contributed by atoms with Crippen molar-refractivity contribution in [3.8, 4) is 0 Å². The molecule has 5 aromatic rings. The summed E-state index contributed by atoms with van der Waals surface area (Å²) in [6.07, 6.45) is 10.7. The maximum atomic E-state index is 3.36. The Morgan fingerprint density at radius 3 is 1.24 bits per heavy atom. The average molecular weight is 649 g/mol. The van der Waals surface area contributed by atoms with Gasteiger partial charge in [-0.2, -0.15) is 0 Å². The summed E-state index contributed by atoms with van der Waals surface area (Å²) in [5.74, 6) is 0. The van der Waals surface area contributed by atoms with Crippen LogP contribution < -0.4 is 10.6 Å². The molecule has 0 bridgehead atoms. The number of benzene rings is 3. The molecule has 2 N–H and O–H groups in total. The van der Waals surface area contributed by atoms with Crippen molar-refractivity contribution in [3.05, 3.63) is 143 Å². The van der Waals surface area contributed by atoms with Crippen LogP contribution in [0.2, 0.25) is 0 Å². The first-order valence-electron chi connectivity index (χ1n) is 16.7. The lowest BCUT2D eigenvalue weighted by atomic mass is 9.67. The van der Waals surface area contributed by atoms with Crippen LogP contribution in [0.1, 0.15) is 103 Å². The van der Waals surface area contributed by atoms with E-state index in [-0.39, 0.29) is 29.1 Å². The summed E-state index contributed by atoms with van der Waals surface area (Å²) >= 11 is 0. The fourth-order valence-electron chi connectivity index (χ4n) is 7.16. The molecule has 0 fully saturated rings. The van der Waals surface area contributed by atoms with E-state index in [0.717, 1.165) is 12.3 Å². The molecule has 3 aromatic carbocycles. The number of H-pyrrole nitrogens is 2. The van der Waals surface area contributed by atoms with Crippen LogP contribution >= 0.6 is 15.8 Å². The lowest BCUT2D eigenvalue weighted by Crippen LogP contribution is -2.30. The fraction of sp³-hybridized carbons (Fsp3) is 0.381. The number of aromatic nitrogens is 2. The normalized spacial score (nSPS) is 13.1. The van der Waals surface area contributed by atoms with E-state index >= 15 is 0 Å². The maximum absolute atomic E-state index is 3.36. The summed E-state index contributed by atoms with van der Waals surface area (Å²) in [5, 5.41) is 3.25. The second-order valence-corrected chi connectivity index (χ2v) is 21.9. The predicted octanol–water partition coefficient (Wildman–Crippen LogP) is 11.2. The third-order valence-electron chi connectivity index (χ3n) is 9.74. The molecule has 0 spiro atoms. The zero-order valence-electron chi connectivity index (χ0n) is 29.7. The molecule has 0 saturated carbocycles. The lowest BCUT2D eigenvalue weighted by Gasteiger charge is -2.43. The lowest BCUT2D eigenvalue weighted by molar-refractivity contribution is 0.577. The molecule has 0 aliphatic rings. The minimum Gasteiger partial charge on any atom is -0.367 e. The van der Waals surface area contributed by atoms with E-state index in [1.54, 1.807) is 0 Å². The standard InChI is InChI=1S/C42H54N2P2/c1-39(2,3)46(40(4,5)6)30-32-26-38(42(9,10)34-19-15-12-16-20-34)37(41(7,8)33-17-13-11-14-18-33)25-31(32)29-45(35-21-23-43-27-35)36-22-24-44-28-36/h11-28,43-44H,29-30H2,1-10H3. The van der Waals surface area contributed by atoms with E-state index in [4.69, 9.17) is 0 Å². The third kappa shape index (κ3) is 7.30. The summed E-state index contributed by atoms with van der Waals surface area (Å²) in [6, 6.07) is 32.1. The number of rotatable bonds is 10. The molecule has 0 aliphatic carbocycles. The molecule has 4 heteroatoms. The van der Waals surface area contributed by atoms with Crippen LogP contribution in [0.3, 0.4) is 0 Å². The van der Waals surface area contributed by atoms with Gasteiger partial charge in [0.2, 0.25) is 0 Å². The summed E-state index contributed by atoms with van der Waals surface area (Å²) in [7, 11) is -0.929. The van der Waals surface area contributed by atoms with Crippen LogP contribution in [-0.2, 0) is 23.2 Å². The zero-order chi connectivity index (χ0) is 33.3. The molecular formula is C42H54N2P2. The molecular weight excluding hydrogens is 594 g/mol. The summed E-state index contributed by atoms with van der Waals surface area (Å²) < 4.78 is 0. The van der Waals surface area contributed by atoms with Crippen molar-refractivity contribution in [1.82, 2.24) is 9.97 Å². The van der Waals surface area contributed by atoms with Crippen LogP contribution in [0.4, 0.5) is 0 Å². The Labute approximate surface area is 281 Å². The van der Waals surface area contributed by atoms with Crippen molar-refractivity contribution in [1.29, 1.82) is 0 Å². The highest BCUT2D eigenvalue weighted by Crippen LogP contribution is 2.62. The van der Waals surface area contributed by atoms with Gasteiger partial charge in [-0.1, -0.05) is 150 Å². The number of aromatic amines is 2. The first kappa shape index (κ1) is 34.4. The Morgan fingerprint density at radius 2 is 0.891 bits per heavy atom. The van der Waals surface area contributed by atoms with Gasteiger partial charge in [0.05, 0.1) is 0 Å². The predicted molar refractivity (Wildman–Crippen MR) is 205 cm³/mol. The van der Waals surface area contributed by atoms with Crippen molar-refractivity contribution < 1.29 is 0 Å². The number of nitrogens with one attached hydrogen (secondary N) is 2. The smallest absolute Gasteiger partial charge is 0.0149 e. The molecule has 0 saturated heterocycles. The van der Waals surface area contributed by atoms with Crippen LogP contribution in [0.5, 0.6) is 0 Å². The Kier molecular flexibility index (Phi) is 9.95. The van der Waals surface area contributed by atoms with Gasteiger partial charge in [-0.3, -0.25) is 0 Å². The largest absolute Gasteiger partial charge is 0.367 e. The van der Waals surface area contributed by atoms with E-state index in [0.29, 0.717) is 0 Å². The average Bonchev–Trinajstić information content (AvgIpc) is 3.74. The molecule has 0 aliphatic heterocycles. The Morgan fingerprint density at radius 1 is 0.500 bits per heavy atom. The Bertz CT molecular complexity index is 1640. The molecule has 0 amide bonds. The zero-order valence-corrected chi connectivity index (χ0v) is 31.5. The third-order valence-corrected chi connectivity index (χ3v) is 16.1. The summed E-state index contributed by atoms with van der Waals surface area (Å²) in [4.78, 5) is 6.72. The molecule has 0 atom stereocenters. The first-order valence-corrected chi connectivity index (χ1v) is 19.7. The second kappa shape index (κ2) is 13.3. The van der Waals surface area contributed by atoms with Crippen LogP contribution in [0.25, 0.3) is 0 Å². The van der Waals surface area contributed by atoms with Crippen molar-refractivity contribution in [2.45, 2.75) is 103 Å². The minimum absolute atomic E-state index is 0.172. The minimum atomic E-state index is -0.590. The molecule has 242 valence electrons.